The lowest BCUT2D eigenvalue weighted by atomic mass is 10.0. The van der Waals surface area contributed by atoms with Gasteiger partial charge in [-0.3, -0.25) is 4.57 Å². The van der Waals surface area contributed by atoms with Gasteiger partial charge in [0.2, 0.25) is 5.95 Å². The fraction of sp³-hybridized carbons (Fsp3) is 0. The number of aromatic nitrogens is 4. The molecule has 0 saturated heterocycles. The summed E-state index contributed by atoms with van der Waals surface area (Å²) in [6.07, 6.45) is 0. The van der Waals surface area contributed by atoms with Gasteiger partial charge in [0, 0.05) is 38.2 Å². The van der Waals surface area contributed by atoms with E-state index in [0.29, 0.717) is 11.5 Å². The fourth-order valence-corrected chi connectivity index (χ4v) is 8.66. The number of para-hydroxylation sites is 3. The maximum Gasteiger partial charge on any atom is 0.236 e. The van der Waals surface area contributed by atoms with Crippen molar-refractivity contribution in [1.82, 2.24) is 19.1 Å². The Balaban J connectivity index is 1.22. The molecule has 4 aromatic heterocycles. The van der Waals surface area contributed by atoms with E-state index in [1.165, 1.54) is 16.3 Å². The minimum absolute atomic E-state index is 0.594. The van der Waals surface area contributed by atoms with Gasteiger partial charge in [0.25, 0.3) is 0 Å². The summed E-state index contributed by atoms with van der Waals surface area (Å²) in [6, 6.07) is 64.2. The quantitative estimate of drug-likeness (QED) is 0.183. The molecular weight excluding hydrogens is 673 g/mol. The second-order valence-corrected chi connectivity index (χ2v) is 14.2. The van der Waals surface area contributed by atoms with E-state index in [-0.39, 0.29) is 0 Å². The summed E-state index contributed by atoms with van der Waals surface area (Å²) in [7, 11) is 0. The van der Waals surface area contributed by atoms with Crippen molar-refractivity contribution in [3.05, 3.63) is 182 Å². The van der Waals surface area contributed by atoms with Crippen LogP contribution in [0.3, 0.4) is 0 Å². The molecule has 0 N–H and O–H groups in total. The monoisotopic (exact) mass is 702 g/mol. The number of nitrogens with zero attached hydrogens (tertiary/aromatic N) is 4. The molecule has 0 spiro atoms. The zero-order chi connectivity index (χ0) is 36.0. The second kappa shape index (κ2) is 11.5. The second-order valence-electron chi connectivity index (χ2n) is 14.2. The van der Waals surface area contributed by atoms with E-state index in [4.69, 9.17) is 14.4 Å². The molecule has 5 heteroatoms. The van der Waals surface area contributed by atoms with Crippen LogP contribution in [0.25, 0.3) is 110 Å². The maximum absolute atomic E-state index is 6.76. The molecule has 0 unspecified atom stereocenters. The molecule has 0 aliphatic heterocycles. The Morgan fingerprint density at radius 2 is 1.07 bits per heavy atom. The summed E-state index contributed by atoms with van der Waals surface area (Å²) >= 11 is 0. The van der Waals surface area contributed by atoms with Crippen molar-refractivity contribution in [2.24, 2.45) is 0 Å². The summed E-state index contributed by atoms with van der Waals surface area (Å²) in [5.41, 5.74) is 11.8. The van der Waals surface area contributed by atoms with E-state index in [2.05, 4.69) is 185 Å². The van der Waals surface area contributed by atoms with Crippen LogP contribution in [0.5, 0.6) is 0 Å². The minimum Gasteiger partial charge on any atom is -0.452 e. The standard InChI is InChI=1S/C50H30N4O/c1-3-14-31(15-4-1)32-18-13-19-35(28-32)46-49-47(40-29-33-16-7-8-17-34(33)30-44(40)55-49)52-50(51-46)54-42-25-12-10-23-39(42)45-43(54)27-26-38-37-22-9-11-24-41(37)53(48(38)45)36-20-5-2-6-21-36/h1-30H. The molecule has 0 saturated carbocycles. The van der Waals surface area contributed by atoms with Crippen LogP contribution >= 0.6 is 0 Å². The zero-order valence-corrected chi connectivity index (χ0v) is 29.5. The van der Waals surface area contributed by atoms with Crippen LogP contribution in [-0.2, 0) is 0 Å². The first kappa shape index (κ1) is 30.0. The third-order valence-corrected chi connectivity index (χ3v) is 11.1. The average Bonchev–Trinajstić information content (AvgIpc) is 3.90. The highest BCUT2D eigenvalue weighted by atomic mass is 16.3. The molecule has 0 amide bonds. The zero-order valence-electron chi connectivity index (χ0n) is 29.5. The predicted molar refractivity (Wildman–Crippen MR) is 226 cm³/mol. The Hall–Kier alpha value is -7.50. The first-order valence-electron chi connectivity index (χ1n) is 18.6. The highest BCUT2D eigenvalue weighted by Gasteiger charge is 2.24. The van der Waals surface area contributed by atoms with Crippen LogP contribution in [0.15, 0.2) is 186 Å². The predicted octanol–water partition coefficient (Wildman–Crippen LogP) is 13.1. The highest BCUT2D eigenvalue weighted by molar-refractivity contribution is 6.26. The van der Waals surface area contributed by atoms with E-state index in [9.17, 15) is 0 Å². The molecule has 0 aliphatic rings. The van der Waals surface area contributed by atoms with E-state index in [0.717, 1.165) is 82.7 Å². The van der Waals surface area contributed by atoms with E-state index >= 15 is 0 Å². The molecule has 5 nitrogen and oxygen atoms in total. The average molecular weight is 703 g/mol. The van der Waals surface area contributed by atoms with Crippen molar-refractivity contribution < 1.29 is 4.42 Å². The summed E-state index contributed by atoms with van der Waals surface area (Å²) in [5, 5.41) is 7.95. The van der Waals surface area contributed by atoms with Crippen LogP contribution in [0.1, 0.15) is 0 Å². The van der Waals surface area contributed by atoms with Crippen LogP contribution in [0, 0.1) is 0 Å². The van der Waals surface area contributed by atoms with Gasteiger partial charge in [0.15, 0.2) is 5.58 Å². The van der Waals surface area contributed by atoms with Crippen molar-refractivity contribution in [2.75, 3.05) is 0 Å². The highest BCUT2D eigenvalue weighted by Crippen LogP contribution is 2.43. The van der Waals surface area contributed by atoms with Crippen molar-refractivity contribution in [1.29, 1.82) is 0 Å². The Morgan fingerprint density at radius 3 is 1.89 bits per heavy atom. The smallest absolute Gasteiger partial charge is 0.236 e. The molecule has 0 aliphatic carbocycles. The number of benzene rings is 8. The van der Waals surface area contributed by atoms with Gasteiger partial charge >= 0.3 is 0 Å². The normalized spacial score (nSPS) is 12.0. The topological polar surface area (TPSA) is 48.8 Å². The fourth-order valence-electron chi connectivity index (χ4n) is 8.66. The van der Waals surface area contributed by atoms with E-state index in [1.807, 2.05) is 6.07 Å². The first-order valence-corrected chi connectivity index (χ1v) is 18.6. The van der Waals surface area contributed by atoms with Gasteiger partial charge in [0.1, 0.15) is 16.8 Å². The molecule has 256 valence electrons. The third kappa shape index (κ3) is 4.41. The van der Waals surface area contributed by atoms with Gasteiger partial charge in [-0.15, -0.1) is 0 Å². The number of hydrogen-bond acceptors (Lipinski definition) is 3. The van der Waals surface area contributed by atoms with Gasteiger partial charge in [-0.25, -0.2) is 9.97 Å². The van der Waals surface area contributed by atoms with Crippen LogP contribution < -0.4 is 0 Å². The first-order chi connectivity index (χ1) is 27.3. The van der Waals surface area contributed by atoms with Crippen LogP contribution in [0.2, 0.25) is 0 Å². The summed E-state index contributed by atoms with van der Waals surface area (Å²) < 4.78 is 11.4. The molecule has 0 radical (unpaired) electrons. The molecule has 4 heterocycles. The maximum atomic E-state index is 6.76. The summed E-state index contributed by atoms with van der Waals surface area (Å²) in [5.74, 6) is 0.594. The molecule has 8 aromatic carbocycles. The molecule has 0 atom stereocenters. The van der Waals surface area contributed by atoms with Gasteiger partial charge in [-0.2, -0.15) is 0 Å². The molecular formula is C50H30N4O. The van der Waals surface area contributed by atoms with Gasteiger partial charge in [-0.05, 0) is 70.4 Å². The van der Waals surface area contributed by atoms with Gasteiger partial charge in [0.05, 0.1) is 22.1 Å². The number of fused-ring (bicyclic) bond motifs is 11. The van der Waals surface area contributed by atoms with Crippen molar-refractivity contribution in [3.63, 3.8) is 0 Å². The van der Waals surface area contributed by atoms with Crippen molar-refractivity contribution in [2.45, 2.75) is 0 Å². The summed E-state index contributed by atoms with van der Waals surface area (Å²) in [4.78, 5) is 10.9. The van der Waals surface area contributed by atoms with Crippen LogP contribution in [-0.4, -0.2) is 19.1 Å². The third-order valence-electron chi connectivity index (χ3n) is 11.1. The molecule has 12 rings (SSSR count). The Kier molecular flexibility index (Phi) is 6.27. The lowest BCUT2D eigenvalue weighted by Crippen LogP contribution is -2.03. The number of furan rings is 1. The Morgan fingerprint density at radius 1 is 0.418 bits per heavy atom. The molecule has 55 heavy (non-hydrogen) atoms. The van der Waals surface area contributed by atoms with Crippen LogP contribution in [0.4, 0.5) is 0 Å². The number of rotatable bonds is 4. The van der Waals surface area contributed by atoms with Gasteiger partial charge in [-0.1, -0.05) is 133 Å². The molecule has 0 fully saturated rings. The molecule has 12 aromatic rings. The Bertz CT molecular complexity index is 3480. The Labute approximate surface area is 315 Å². The summed E-state index contributed by atoms with van der Waals surface area (Å²) in [6.45, 7) is 0. The minimum atomic E-state index is 0.594. The van der Waals surface area contributed by atoms with Gasteiger partial charge < -0.3 is 8.98 Å². The van der Waals surface area contributed by atoms with Crippen molar-refractivity contribution in [3.8, 4) is 34.0 Å². The lowest BCUT2D eigenvalue weighted by Gasteiger charge is -2.11. The lowest BCUT2D eigenvalue weighted by molar-refractivity contribution is 0.667. The van der Waals surface area contributed by atoms with E-state index < -0.39 is 0 Å². The molecule has 0 bridgehead atoms. The van der Waals surface area contributed by atoms with E-state index in [1.54, 1.807) is 0 Å². The van der Waals surface area contributed by atoms with Crippen molar-refractivity contribution >= 4 is 76.5 Å². The largest absolute Gasteiger partial charge is 0.452 e. The number of hydrogen-bond donors (Lipinski definition) is 0. The SMILES string of the molecule is c1ccc(-c2cccc(-c3nc(-n4c5ccccc5c5c4ccc4c6ccccc6n(-c6ccccc6)c45)nc4c3oc3cc5ccccc5cc34)c2)cc1.